The lowest BCUT2D eigenvalue weighted by atomic mass is 9.95. The molecular weight excluding hydrogens is 508 g/mol. The third-order valence-electron chi connectivity index (χ3n) is 6.75. The van der Waals surface area contributed by atoms with Gasteiger partial charge in [0.15, 0.2) is 11.5 Å². The van der Waals surface area contributed by atoms with Gasteiger partial charge in [0.1, 0.15) is 17.2 Å². The number of nitrogens with zero attached hydrogens (tertiary/aromatic N) is 3. The van der Waals surface area contributed by atoms with Gasteiger partial charge in [-0.3, -0.25) is 14.5 Å². The number of aromatic nitrogens is 2. The normalized spacial score (nSPS) is 13.9. The van der Waals surface area contributed by atoms with Crippen molar-refractivity contribution >= 4 is 34.7 Å². The van der Waals surface area contributed by atoms with Gasteiger partial charge < -0.3 is 14.8 Å². The molecule has 0 radical (unpaired) electrons. The molecule has 4 aromatic rings. The van der Waals surface area contributed by atoms with Gasteiger partial charge >= 0.3 is 5.97 Å². The summed E-state index contributed by atoms with van der Waals surface area (Å²) in [6, 6.07) is 13.3. The SMILES string of the molecule is COc1cc(-c2nc3cc(C)ccn3c2NC2CCCCC2)ccc1OC(=O)c1ccc([N+](=O)[O-])cc1Cl. The minimum atomic E-state index is -0.751. The molecule has 38 heavy (non-hydrogen) atoms. The lowest BCUT2D eigenvalue weighted by Crippen LogP contribution is -2.23. The highest BCUT2D eigenvalue weighted by Crippen LogP contribution is 2.37. The molecular formula is C28H27ClN4O5. The van der Waals surface area contributed by atoms with Crippen molar-refractivity contribution in [2.45, 2.75) is 45.1 Å². The molecule has 196 valence electrons. The summed E-state index contributed by atoms with van der Waals surface area (Å²) in [5.74, 6) is 0.693. The van der Waals surface area contributed by atoms with Crippen LogP contribution in [0.25, 0.3) is 16.9 Å². The number of benzene rings is 2. The van der Waals surface area contributed by atoms with Gasteiger partial charge in [-0.2, -0.15) is 0 Å². The summed E-state index contributed by atoms with van der Waals surface area (Å²) in [5.41, 5.74) is 3.32. The number of methoxy groups -OCH3 is 1. The van der Waals surface area contributed by atoms with Gasteiger partial charge in [0.25, 0.3) is 5.69 Å². The van der Waals surface area contributed by atoms with Crippen molar-refractivity contribution in [1.29, 1.82) is 0 Å². The number of ether oxygens (including phenoxy) is 2. The Bertz CT molecular complexity index is 1530. The van der Waals surface area contributed by atoms with E-state index in [9.17, 15) is 14.9 Å². The van der Waals surface area contributed by atoms with Crippen LogP contribution < -0.4 is 14.8 Å². The molecule has 9 nitrogen and oxygen atoms in total. The van der Waals surface area contributed by atoms with E-state index in [0.29, 0.717) is 11.8 Å². The summed E-state index contributed by atoms with van der Waals surface area (Å²) >= 11 is 6.11. The van der Waals surface area contributed by atoms with E-state index in [2.05, 4.69) is 15.8 Å². The number of esters is 1. The molecule has 1 aliphatic carbocycles. The first kappa shape index (κ1) is 25.5. The maximum atomic E-state index is 12.8. The fourth-order valence-corrected chi connectivity index (χ4v) is 5.02. The van der Waals surface area contributed by atoms with Crippen LogP contribution in [0.5, 0.6) is 11.5 Å². The first-order valence-electron chi connectivity index (χ1n) is 12.4. The average Bonchev–Trinajstić information content (AvgIpc) is 3.26. The van der Waals surface area contributed by atoms with Gasteiger partial charge in [0.05, 0.1) is 22.6 Å². The van der Waals surface area contributed by atoms with E-state index in [1.807, 2.05) is 25.3 Å². The van der Waals surface area contributed by atoms with E-state index in [1.54, 1.807) is 12.1 Å². The lowest BCUT2D eigenvalue weighted by Gasteiger charge is -2.24. The van der Waals surface area contributed by atoms with E-state index in [0.717, 1.165) is 47.2 Å². The number of nitro groups is 1. The number of fused-ring (bicyclic) bond motifs is 1. The fraction of sp³-hybridized carbons (Fsp3) is 0.286. The van der Waals surface area contributed by atoms with Gasteiger partial charge in [-0.15, -0.1) is 0 Å². The minimum Gasteiger partial charge on any atom is -0.493 e. The Balaban J connectivity index is 1.48. The van der Waals surface area contributed by atoms with Crippen LogP contribution in [-0.2, 0) is 0 Å². The minimum absolute atomic E-state index is 0.0121. The maximum Gasteiger partial charge on any atom is 0.345 e. The largest absolute Gasteiger partial charge is 0.493 e. The summed E-state index contributed by atoms with van der Waals surface area (Å²) in [6.07, 6.45) is 7.92. The number of aryl methyl sites for hydroxylation is 1. The summed E-state index contributed by atoms with van der Waals surface area (Å²) in [7, 11) is 1.49. The average molecular weight is 535 g/mol. The molecule has 1 aliphatic rings. The third-order valence-corrected chi connectivity index (χ3v) is 7.06. The highest BCUT2D eigenvalue weighted by molar-refractivity contribution is 6.33. The fourth-order valence-electron chi connectivity index (χ4n) is 4.76. The molecule has 2 aromatic heterocycles. The molecule has 0 saturated heterocycles. The van der Waals surface area contributed by atoms with E-state index in [4.69, 9.17) is 26.1 Å². The van der Waals surface area contributed by atoms with Crippen molar-refractivity contribution in [3.63, 3.8) is 0 Å². The number of imidazole rings is 1. The number of hydrogen-bond donors (Lipinski definition) is 1. The molecule has 0 unspecified atom stereocenters. The second-order valence-corrected chi connectivity index (χ2v) is 9.80. The number of pyridine rings is 1. The summed E-state index contributed by atoms with van der Waals surface area (Å²) in [5, 5.41) is 14.6. The molecule has 1 N–H and O–H groups in total. The Hall–Kier alpha value is -4.11. The van der Waals surface area contributed by atoms with Crippen LogP contribution in [0, 0.1) is 17.0 Å². The number of halogens is 1. The number of carbonyl (C=O) groups excluding carboxylic acids is 1. The van der Waals surface area contributed by atoms with E-state index >= 15 is 0 Å². The monoisotopic (exact) mass is 534 g/mol. The molecule has 0 spiro atoms. The van der Waals surface area contributed by atoms with Crippen LogP contribution in [-0.4, -0.2) is 33.4 Å². The van der Waals surface area contributed by atoms with Crippen LogP contribution in [0.15, 0.2) is 54.7 Å². The van der Waals surface area contributed by atoms with Crippen molar-refractivity contribution in [2.75, 3.05) is 12.4 Å². The zero-order chi connectivity index (χ0) is 26.8. The molecule has 10 heteroatoms. The Morgan fingerprint density at radius 3 is 2.61 bits per heavy atom. The summed E-state index contributed by atoms with van der Waals surface area (Å²) < 4.78 is 13.2. The van der Waals surface area contributed by atoms with Crippen molar-refractivity contribution in [1.82, 2.24) is 9.38 Å². The van der Waals surface area contributed by atoms with E-state index in [1.165, 1.54) is 38.5 Å². The molecule has 0 atom stereocenters. The number of non-ortho nitro benzene ring substituents is 1. The second kappa shape index (κ2) is 10.7. The van der Waals surface area contributed by atoms with Gasteiger partial charge in [-0.05, 0) is 61.7 Å². The molecule has 1 fully saturated rings. The first-order valence-corrected chi connectivity index (χ1v) is 12.8. The van der Waals surface area contributed by atoms with Crippen LogP contribution in [0.1, 0.15) is 48.0 Å². The van der Waals surface area contributed by atoms with Crippen molar-refractivity contribution in [3.8, 4) is 22.8 Å². The van der Waals surface area contributed by atoms with Gasteiger partial charge in [0, 0.05) is 29.9 Å². The zero-order valence-corrected chi connectivity index (χ0v) is 21.8. The highest BCUT2D eigenvalue weighted by atomic mass is 35.5. The molecule has 2 aromatic carbocycles. The molecule has 5 rings (SSSR count). The van der Waals surface area contributed by atoms with Crippen LogP contribution in [0.2, 0.25) is 5.02 Å². The number of nitro benzene ring substituents is 1. The Kier molecular flexibility index (Phi) is 7.20. The van der Waals surface area contributed by atoms with E-state index < -0.39 is 10.9 Å². The highest BCUT2D eigenvalue weighted by Gasteiger charge is 2.22. The molecule has 0 bridgehead atoms. The van der Waals surface area contributed by atoms with Crippen LogP contribution in [0.4, 0.5) is 11.5 Å². The van der Waals surface area contributed by atoms with E-state index in [-0.39, 0.29) is 22.0 Å². The van der Waals surface area contributed by atoms with Gasteiger partial charge in [-0.25, -0.2) is 9.78 Å². The number of hydrogen-bond acceptors (Lipinski definition) is 7. The Morgan fingerprint density at radius 2 is 1.89 bits per heavy atom. The summed E-state index contributed by atoms with van der Waals surface area (Å²) in [6.45, 7) is 2.03. The second-order valence-electron chi connectivity index (χ2n) is 9.40. The quantitative estimate of drug-likeness (QED) is 0.120. The maximum absolute atomic E-state index is 12.8. The number of carbonyl (C=O) groups is 1. The molecule has 1 saturated carbocycles. The molecule has 2 heterocycles. The van der Waals surface area contributed by atoms with Gasteiger partial charge in [0.2, 0.25) is 0 Å². The number of anilines is 1. The molecule has 0 aliphatic heterocycles. The Morgan fingerprint density at radius 1 is 1.11 bits per heavy atom. The molecule has 0 amide bonds. The van der Waals surface area contributed by atoms with Crippen LogP contribution in [0.3, 0.4) is 0 Å². The smallest absolute Gasteiger partial charge is 0.345 e. The first-order chi connectivity index (χ1) is 18.3. The standard InChI is InChI=1S/C28H27ClN4O5/c1-17-12-13-32-25(14-17)31-26(27(32)30-19-6-4-3-5-7-19)18-8-11-23(24(15-18)37-2)38-28(34)21-10-9-20(33(35)36)16-22(21)29/h8-16,19,30H,3-7H2,1-2H3. The zero-order valence-electron chi connectivity index (χ0n) is 21.1. The summed E-state index contributed by atoms with van der Waals surface area (Å²) in [4.78, 5) is 28.1. The third kappa shape index (κ3) is 5.15. The predicted octanol–water partition coefficient (Wildman–Crippen LogP) is 6.84. The van der Waals surface area contributed by atoms with Gasteiger partial charge in [-0.1, -0.05) is 30.9 Å². The van der Waals surface area contributed by atoms with Crippen molar-refractivity contribution in [2.24, 2.45) is 0 Å². The topological polar surface area (TPSA) is 108 Å². The van der Waals surface area contributed by atoms with Crippen molar-refractivity contribution < 1.29 is 19.2 Å². The Labute approximate surface area is 224 Å². The lowest BCUT2D eigenvalue weighted by molar-refractivity contribution is -0.384. The van der Waals surface area contributed by atoms with Crippen molar-refractivity contribution in [3.05, 3.63) is 81.0 Å². The predicted molar refractivity (Wildman–Crippen MR) is 145 cm³/mol. The van der Waals surface area contributed by atoms with Crippen LogP contribution >= 0.6 is 11.6 Å². The number of nitrogens with one attached hydrogen (secondary N) is 1. The number of rotatable bonds is 7.